The van der Waals surface area contributed by atoms with Crippen LogP contribution in [0.4, 0.5) is 5.82 Å². The molecule has 2 aliphatic heterocycles. The molecule has 0 spiro atoms. The summed E-state index contributed by atoms with van der Waals surface area (Å²) in [6, 6.07) is 11.6. The summed E-state index contributed by atoms with van der Waals surface area (Å²) in [5.41, 5.74) is 8.42. The number of hydrogen-bond acceptors (Lipinski definition) is 8. The van der Waals surface area contributed by atoms with Gasteiger partial charge in [0.25, 0.3) is 0 Å². The average Bonchev–Trinajstić information content (AvgIpc) is 2.72. The van der Waals surface area contributed by atoms with Crippen LogP contribution in [0.15, 0.2) is 42.6 Å². The van der Waals surface area contributed by atoms with E-state index in [0.29, 0.717) is 11.6 Å². The number of nitrogens with one attached hydrogen (secondary N) is 3. The predicted molar refractivity (Wildman–Crippen MR) is 102 cm³/mol. The van der Waals surface area contributed by atoms with E-state index in [0.717, 1.165) is 48.3 Å². The molecule has 2 aliphatic rings. The van der Waals surface area contributed by atoms with Crippen molar-refractivity contribution >= 4 is 16.7 Å². The van der Waals surface area contributed by atoms with Gasteiger partial charge in [-0.3, -0.25) is 9.88 Å². The Labute approximate surface area is 156 Å². The third-order valence-electron chi connectivity index (χ3n) is 5.12. The zero-order chi connectivity index (χ0) is 18.2. The molecule has 27 heavy (non-hydrogen) atoms. The zero-order valence-electron chi connectivity index (χ0n) is 14.8. The number of benzene rings is 1. The van der Waals surface area contributed by atoms with E-state index in [1.165, 1.54) is 0 Å². The first-order chi connectivity index (χ1) is 13.3. The fraction of sp³-hybridized carbons (Fsp3) is 0.316. The van der Waals surface area contributed by atoms with E-state index >= 15 is 0 Å². The smallest absolute Gasteiger partial charge is 0.154 e. The van der Waals surface area contributed by atoms with Gasteiger partial charge in [0, 0.05) is 37.9 Å². The molecule has 0 bridgehead atoms. The molecular weight excluding hydrogens is 342 g/mol. The van der Waals surface area contributed by atoms with Gasteiger partial charge >= 0.3 is 0 Å². The summed E-state index contributed by atoms with van der Waals surface area (Å²) in [6.45, 7) is 3.67. The second-order valence-electron chi connectivity index (χ2n) is 6.79. The Balaban J connectivity index is 1.67. The molecule has 0 saturated carbocycles. The van der Waals surface area contributed by atoms with Crippen molar-refractivity contribution in [3.63, 3.8) is 0 Å². The lowest BCUT2D eigenvalue weighted by molar-refractivity contribution is 0.148. The van der Waals surface area contributed by atoms with Gasteiger partial charge in [-0.05, 0) is 18.2 Å². The number of hydrogen-bond donors (Lipinski definition) is 4. The van der Waals surface area contributed by atoms with Crippen molar-refractivity contribution in [3.05, 3.63) is 59.7 Å². The fourth-order valence-electron chi connectivity index (χ4n) is 3.84. The molecule has 1 saturated heterocycles. The summed E-state index contributed by atoms with van der Waals surface area (Å²) in [4.78, 5) is 16.6. The molecule has 8 heteroatoms. The van der Waals surface area contributed by atoms with Crippen LogP contribution >= 0.6 is 0 Å². The number of aliphatic hydroxyl groups is 1. The van der Waals surface area contributed by atoms with Crippen molar-refractivity contribution in [2.24, 2.45) is 0 Å². The quantitative estimate of drug-likeness (QED) is 0.546. The van der Waals surface area contributed by atoms with Gasteiger partial charge < -0.3 is 15.8 Å². The lowest BCUT2D eigenvalue weighted by Crippen LogP contribution is -2.46. The summed E-state index contributed by atoms with van der Waals surface area (Å²) < 4.78 is 0. The molecule has 4 heterocycles. The number of pyridine rings is 1. The van der Waals surface area contributed by atoms with Crippen molar-refractivity contribution in [2.45, 2.75) is 12.3 Å². The maximum Gasteiger partial charge on any atom is 0.154 e. The molecule has 2 aromatic heterocycles. The van der Waals surface area contributed by atoms with Crippen molar-refractivity contribution in [1.82, 2.24) is 30.6 Å². The fourth-order valence-corrected chi connectivity index (χ4v) is 3.84. The van der Waals surface area contributed by atoms with Gasteiger partial charge in [0.2, 0.25) is 0 Å². The predicted octanol–water partition coefficient (Wildman–Crippen LogP) is 0.940. The minimum absolute atomic E-state index is 0.119. The number of anilines is 1. The van der Waals surface area contributed by atoms with E-state index < -0.39 is 6.23 Å². The minimum Gasteiger partial charge on any atom is -0.373 e. The van der Waals surface area contributed by atoms with Gasteiger partial charge in [-0.15, -0.1) is 0 Å². The van der Waals surface area contributed by atoms with Crippen LogP contribution in [0.2, 0.25) is 0 Å². The Morgan fingerprint density at radius 2 is 1.96 bits per heavy atom. The van der Waals surface area contributed by atoms with Gasteiger partial charge in [-0.1, -0.05) is 18.2 Å². The van der Waals surface area contributed by atoms with Gasteiger partial charge in [0.15, 0.2) is 11.6 Å². The van der Waals surface area contributed by atoms with Gasteiger partial charge in [-0.25, -0.2) is 15.4 Å². The van der Waals surface area contributed by atoms with Gasteiger partial charge in [-0.2, -0.15) is 0 Å². The Morgan fingerprint density at radius 1 is 1.07 bits per heavy atom. The lowest BCUT2D eigenvalue weighted by Gasteiger charge is -2.34. The first kappa shape index (κ1) is 16.5. The molecule has 0 radical (unpaired) electrons. The van der Waals surface area contributed by atoms with E-state index in [1.54, 1.807) is 0 Å². The summed E-state index contributed by atoms with van der Waals surface area (Å²) >= 11 is 0. The number of hydrazine groups is 1. The number of piperazine rings is 1. The highest BCUT2D eigenvalue weighted by Gasteiger charge is 2.30. The number of aromatic nitrogens is 3. The molecule has 0 amide bonds. The molecule has 8 nitrogen and oxygen atoms in total. The van der Waals surface area contributed by atoms with E-state index in [1.807, 2.05) is 42.6 Å². The molecule has 1 fully saturated rings. The molecule has 1 aromatic carbocycles. The second-order valence-corrected chi connectivity index (χ2v) is 6.79. The summed E-state index contributed by atoms with van der Waals surface area (Å²) in [5, 5.41) is 14.4. The van der Waals surface area contributed by atoms with Crippen molar-refractivity contribution in [3.8, 4) is 0 Å². The molecule has 2 unspecified atom stereocenters. The van der Waals surface area contributed by atoms with Crippen LogP contribution in [0.3, 0.4) is 0 Å². The van der Waals surface area contributed by atoms with E-state index in [9.17, 15) is 5.11 Å². The van der Waals surface area contributed by atoms with Crippen LogP contribution in [0.1, 0.15) is 29.4 Å². The number of aliphatic hydroxyl groups excluding tert-OH is 1. The molecule has 3 aromatic rings. The standard InChI is InChI=1S/C19H21N7O/c27-19-12-4-3-6-13-15(12)17(24-25-19)23-18(22-13)16(14-5-1-2-7-21-14)26-10-8-20-9-11-26/h1-7,16,19-20,25,27H,8-11H2,(H,22,23,24). The molecule has 0 aliphatic carbocycles. The summed E-state index contributed by atoms with van der Waals surface area (Å²) in [5.74, 6) is 1.40. The molecule has 5 rings (SSSR count). The SMILES string of the molecule is OC1NNc2nc(C(c3ccccn3)N3CCNCC3)nc3cccc1c23. The Bertz CT molecular complexity index is 959. The first-order valence-electron chi connectivity index (χ1n) is 9.17. The Hall–Kier alpha value is -2.65. The van der Waals surface area contributed by atoms with Crippen LogP contribution in [-0.2, 0) is 0 Å². The van der Waals surface area contributed by atoms with Crippen molar-refractivity contribution in [2.75, 3.05) is 31.6 Å². The first-order valence-corrected chi connectivity index (χ1v) is 9.17. The highest BCUT2D eigenvalue weighted by Crippen LogP contribution is 2.34. The van der Waals surface area contributed by atoms with Crippen LogP contribution < -0.4 is 16.2 Å². The lowest BCUT2D eigenvalue weighted by atomic mass is 10.0. The minimum atomic E-state index is -0.782. The van der Waals surface area contributed by atoms with Crippen molar-refractivity contribution < 1.29 is 5.11 Å². The van der Waals surface area contributed by atoms with Crippen LogP contribution in [0, 0.1) is 0 Å². The summed E-state index contributed by atoms with van der Waals surface area (Å²) in [6.07, 6.45) is 1.03. The van der Waals surface area contributed by atoms with Crippen LogP contribution in [0.5, 0.6) is 0 Å². The van der Waals surface area contributed by atoms with Crippen LogP contribution in [-0.4, -0.2) is 51.1 Å². The van der Waals surface area contributed by atoms with Crippen LogP contribution in [0.25, 0.3) is 10.9 Å². The van der Waals surface area contributed by atoms with Crippen molar-refractivity contribution in [1.29, 1.82) is 0 Å². The third-order valence-corrected chi connectivity index (χ3v) is 5.12. The molecule has 2 atom stereocenters. The second kappa shape index (κ2) is 6.82. The monoisotopic (exact) mass is 363 g/mol. The van der Waals surface area contributed by atoms with E-state index in [-0.39, 0.29) is 6.04 Å². The van der Waals surface area contributed by atoms with Gasteiger partial charge in [0.1, 0.15) is 12.3 Å². The Kier molecular flexibility index (Phi) is 4.17. The van der Waals surface area contributed by atoms with Gasteiger partial charge in [0.05, 0.1) is 16.6 Å². The van der Waals surface area contributed by atoms with E-state index in [2.05, 4.69) is 26.1 Å². The maximum absolute atomic E-state index is 10.2. The molecular formula is C19H21N7O. The topological polar surface area (TPSA) is 98.2 Å². The average molecular weight is 363 g/mol. The molecule has 4 N–H and O–H groups in total. The summed E-state index contributed by atoms with van der Waals surface area (Å²) in [7, 11) is 0. The highest BCUT2D eigenvalue weighted by atomic mass is 16.3. The maximum atomic E-state index is 10.2. The highest BCUT2D eigenvalue weighted by molar-refractivity contribution is 5.93. The number of rotatable bonds is 3. The Morgan fingerprint density at radius 3 is 2.78 bits per heavy atom. The van der Waals surface area contributed by atoms with E-state index in [4.69, 9.17) is 9.97 Å². The largest absolute Gasteiger partial charge is 0.373 e. The third kappa shape index (κ3) is 2.92. The zero-order valence-corrected chi connectivity index (χ0v) is 14.8. The molecule has 138 valence electrons. The number of nitrogens with zero attached hydrogens (tertiary/aromatic N) is 4. The normalized spacial score (nSPS) is 21.0.